The molecular weight excluding hydrogens is 244 g/mol. The number of carbonyl (C=O) groups is 1. The Labute approximate surface area is 113 Å². The molecule has 0 radical (unpaired) electrons. The van der Waals surface area contributed by atoms with Gasteiger partial charge in [-0.25, -0.2) is 9.78 Å². The average molecular weight is 262 g/mol. The molecule has 1 heterocycles. The molecule has 0 spiro atoms. The monoisotopic (exact) mass is 262 g/mol. The smallest absolute Gasteiger partial charge is 0.413 e. The van der Waals surface area contributed by atoms with Crippen molar-refractivity contribution in [3.8, 4) is 6.07 Å². The molecule has 0 fully saturated rings. The van der Waals surface area contributed by atoms with Crippen molar-refractivity contribution in [1.82, 2.24) is 4.98 Å². The van der Waals surface area contributed by atoms with Gasteiger partial charge in [0.1, 0.15) is 17.5 Å². The number of carbonyl (C=O) groups excluding carboxylic acids is 1. The second-order valence-electron chi connectivity index (χ2n) is 5.20. The molecule has 1 aromatic heterocycles. The molecule has 0 aliphatic carbocycles. The van der Waals surface area contributed by atoms with E-state index in [1.54, 1.807) is 37.8 Å². The highest BCUT2D eigenvalue weighted by atomic mass is 16.6. The summed E-state index contributed by atoms with van der Waals surface area (Å²) < 4.78 is 5.11. The third-order valence-electron chi connectivity index (χ3n) is 2.09. The van der Waals surface area contributed by atoms with Crippen LogP contribution in [0, 0.1) is 11.3 Å². The van der Waals surface area contributed by atoms with Crippen molar-refractivity contribution in [3.05, 3.63) is 17.8 Å². The van der Waals surface area contributed by atoms with Crippen molar-refractivity contribution < 1.29 is 9.53 Å². The summed E-state index contributed by atoms with van der Waals surface area (Å²) in [5.41, 5.74) is 0.363. The van der Waals surface area contributed by atoms with E-state index in [4.69, 9.17) is 10.00 Å². The van der Waals surface area contributed by atoms with Crippen LogP contribution in [0.5, 0.6) is 0 Å². The molecule has 0 unspecified atom stereocenters. The fourth-order valence-corrected chi connectivity index (χ4v) is 1.37. The second-order valence-corrected chi connectivity index (χ2v) is 5.20. The number of anilines is 2. The van der Waals surface area contributed by atoms with Gasteiger partial charge in [0, 0.05) is 14.1 Å². The lowest BCUT2D eigenvalue weighted by Gasteiger charge is -2.20. The summed E-state index contributed by atoms with van der Waals surface area (Å²) in [6.07, 6.45) is -0.596. The van der Waals surface area contributed by atoms with Gasteiger partial charge >= 0.3 is 6.09 Å². The number of nitrogens with one attached hydrogen (secondary N) is 1. The zero-order valence-corrected chi connectivity index (χ0v) is 11.8. The van der Waals surface area contributed by atoms with Crippen LogP contribution in [0.15, 0.2) is 12.1 Å². The normalized spacial score (nSPS) is 10.5. The van der Waals surface area contributed by atoms with Gasteiger partial charge in [-0.3, -0.25) is 5.32 Å². The molecule has 0 aromatic carbocycles. The first-order valence-electron chi connectivity index (χ1n) is 5.81. The third-order valence-corrected chi connectivity index (χ3v) is 2.09. The molecule has 0 saturated heterocycles. The number of aromatic nitrogens is 1. The number of pyridine rings is 1. The van der Waals surface area contributed by atoms with Crippen LogP contribution in [0.3, 0.4) is 0 Å². The van der Waals surface area contributed by atoms with E-state index < -0.39 is 11.7 Å². The van der Waals surface area contributed by atoms with Crippen LogP contribution in [0.4, 0.5) is 16.3 Å². The summed E-state index contributed by atoms with van der Waals surface area (Å²) in [6.45, 7) is 5.32. The topological polar surface area (TPSA) is 78.2 Å². The van der Waals surface area contributed by atoms with Crippen molar-refractivity contribution >= 4 is 17.6 Å². The molecule has 102 valence electrons. The Balaban J connectivity index is 2.87. The molecule has 19 heavy (non-hydrogen) atoms. The Morgan fingerprint density at radius 1 is 1.42 bits per heavy atom. The Hall–Kier alpha value is -2.29. The number of ether oxygens (including phenoxy) is 1. The Kier molecular flexibility index (Phi) is 4.33. The first-order valence-corrected chi connectivity index (χ1v) is 5.81. The van der Waals surface area contributed by atoms with E-state index in [9.17, 15) is 4.79 Å². The molecule has 1 N–H and O–H groups in total. The van der Waals surface area contributed by atoms with Gasteiger partial charge in [-0.15, -0.1) is 0 Å². The van der Waals surface area contributed by atoms with Gasteiger partial charge in [0.25, 0.3) is 0 Å². The van der Waals surface area contributed by atoms with Gasteiger partial charge in [0.15, 0.2) is 5.69 Å². The minimum atomic E-state index is -0.596. The molecule has 0 saturated carbocycles. The lowest BCUT2D eigenvalue weighted by atomic mass is 10.2. The van der Waals surface area contributed by atoms with Crippen LogP contribution in [-0.2, 0) is 4.74 Å². The molecule has 6 heteroatoms. The highest BCUT2D eigenvalue weighted by Crippen LogP contribution is 2.18. The number of rotatable bonds is 2. The van der Waals surface area contributed by atoms with E-state index in [1.165, 1.54) is 0 Å². The fourth-order valence-electron chi connectivity index (χ4n) is 1.37. The molecule has 1 rings (SSSR count). The van der Waals surface area contributed by atoms with E-state index in [0.29, 0.717) is 5.69 Å². The number of hydrogen-bond acceptors (Lipinski definition) is 5. The minimum Gasteiger partial charge on any atom is -0.444 e. The Morgan fingerprint density at radius 2 is 2.05 bits per heavy atom. The van der Waals surface area contributed by atoms with Gasteiger partial charge in [-0.1, -0.05) is 0 Å². The molecule has 0 atom stereocenters. The molecule has 0 bridgehead atoms. The SMILES string of the molecule is CN(C)c1ccc(NC(=O)OC(C)(C)C)nc1C#N. The lowest BCUT2D eigenvalue weighted by Crippen LogP contribution is -2.27. The zero-order valence-electron chi connectivity index (χ0n) is 11.8. The third kappa shape index (κ3) is 4.47. The van der Waals surface area contributed by atoms with Gasteiger partial charge in [-0.05, 0) is 32.9 Å². The lowest BCUT2D eigenvalue weighted by molar-refractivity contribution is 0.0635. The predicted octanol–water partition coefficient (Wildman–Crippen LogP) is 2.37. The van der Waals surface area contributed by atoms with Crippen molar-refractivity contribution in [1.29, 1.82) is 5.26 Å². The van der Waals surface area contributed by atoms with Gasteiger partial charge in [0.05, 0.1) is 5.69 Å². The van der Waals surface area contributed by atoms with Crippen molar-refractivity contribution in [2.24, 2.45) is 0 Å². The Morgan fingerprint density at radius 3 is 2.53 bits per heavy atom. The summed E-state index contributed by atoms with van der Waals surface area (Å²) >= 11 is 0. The zero-order chi connectivity index (χ0) is 14.6. The fraction of sp³-hybridized carbons (Fsp3) is 0.462. The number of nitrogens with zero attached hydrogens (tertiary/aromatic N) is 3. The van der Waals surface area contributed by atoms with Crippen LogP contribution >= 0.6 is 0 Å². The largest absolute Gasteiger partial charge is 0.444 e. The summed E-state index contributed by atoms with van der Waals surface area (Å²) in [5, 5.41) is 11.5. The van der Waals surface area contributed by atoms with E-state index in [0.717, 1.165) is 0 Å². The van der Waals surface area contributed by atoms with E-state index in [2.05, 4.69) is 10.3 Å². The van der Waals surface area contributed by atoms with Crippen LogP contribution in [0.1, 0.15) is 26.5 Å². The molecule has 0 aliphatic rings. The first kappa shape index (κ1) is 14.8. The van der Waals surface area contributed by atoms with Gasteiger partial charge in [0.2, 0.25) is 0 Å². The highest BCUT2D eigenvalue weighted by molar-refractivity contribution is 5.84. The van der Waals surface area contributed by atoms with E-state index in [1.807, 2.05) is 20.2 Å². The first-order chi connectivity index (χ1) is 8.73. The molecule has 0 aliphatic heterocycles. The second kappa shape index (κ2) is 5.57. The quantitative estimate of drug-likeness (QED) is 0.885. The van der Waals surface area contributed by atoms with Crippen LogP contribution < -0.4 is 10.2 Å². The summed E-state index contributed by atoms with van der Waals surface area (Å²) in [5.74, 6) is 0.288. The van der Waals surface area contributed by atoms with E-state index >= 15 is 0 Å². The summed E-state index contributed by atoms with van der Waals surface area (Å²) in [7, 11) is 3.64. The molecule has 1 aromatic rings. The highest BCUT2D eigenvalue weighted by Gasteiger charge is 2.17. The van der Waals surface area contributed by atoms with Crippen LogP contribution in [-0.4, -0.2) is 30.8 Å². The predicted molar refractivity (Wildman–Crippen MR) is 73.1 cm³/mol. The molecule has 1 amide bonds. The Bertz CT molecular complexity index is 512. The molecule has 6 nitrogen and oxygen atoms in total. The minimum absolute atomic E-state index is 0.249. The number of hydrogen-bond donors (Lipinski definition) is 1. The molecular formula is C13H18N4O2. The summed E-state index contributed by atoms with van der Waals surface area (Å²) in [4.78, 5) is 17.4. The van der Waals surface area contributed by atoms with Crippen molar-refractivity contribution in [2.75, 3.05) is 24.3 Å². The van der Waals surface area contributed by atoms with Crippen molar-refractivity contribution in [3.63, 3.8) is 0 Å². The van der Waals surface area contributed by atoms with E-state index in [-0.39, 0.29) is 11.5 Å². The van der Waals surface area contributed by atoms with Crippen LogP contribution in [0.2, 0.25) is 0 Å². The summed E-state index contributed by atoms with van der Waals surface area (Å²) in [6, 6.07) is 5.34. The maximum atomic E-state index is 11.6. The number of amides is 1. The van der Waals surface area contributed by atoms with Crippen molar-refractivity contribution in [2.45, 2.75) is 26.4 Å². The van der Waals surface area contributed by atoms with Crippen LogP contribution in [0.25, 0.3) is 0 Å². The van der Waals surface area contributed by atoms with Gasteiger partial charge in [-0.2, -0.15) is 5.26 Å². The maximum Gasteiger partial charge on any atom is 0.413 e. The average Bonchev–Trinajstić information content (AvgIpc) is 2.25. The maximum absolute atomic E-state index is 11.6. The number of nitriles is 1. The van der Waals surface area contributed by atoms with Gasteiger partial charge < -0.3 is 9.64 Å². The standard InChI is InChI=1S/C13H18N4O2/c1-13(2,3)19-12(18)16-11-7-6-10(17(4)5)9(8-14)15-11/h6-7H,1-5H3,(H,15,16,18).